The highest BCUT2D eigenvalue weighted by Gasteiger charge is 2.22. The van der Waals surface area contributed by atoms with Gasteiger partial charge in [0.25, 0.3) is 11.8 Å². The lowest BCUT2D eigenvalue weighted by Crippen LogP contribution is -3.14. The van der Waals surface area contributed by atoms with Gasteiger partial charge in [0.1, 0.15) is 18.5 Å². The Bertz CT molecular complexity index is 856. The van der Waals surface area contributed by atoms with Crippen molar-refractivity contribution in [3.8, 4) is 17.2 Å². The minimum absolute atomic E-state index is 0.133. The number of para-hydroxylation sites is 2. The monoisotopic (exact) mass is 414 g/mol. The van der Waals surface area contributed by atoms with E-state index < -0.39 is 0 Å². The number of benzene rings is 2. The van der Waals surface area contributed by atoms with Gasteiger partial charge in [0.15, 0.2) is 24.6 Å². The Kier molecular flexibility index (Phi) is 7.51. The molecule has 1 aliphatic rings. The number of amides is 2. The summed E-state index contributed by atoms with van der Waals surface area (Å²) in [5, 5.41) is 5.71. The zero-order valence-electron chi connectivity index (χ0n) is 17.3. The Morgan fingerprint density at radius 2 is 1.77 bits per heavy atom. The molecule has 0 spiro atoms. The van der Waals surface area contributed by atoms with Gasteiger partial charge in [0.05, 0.1) is 20.2 Å². The van der Waals surface area contributed by atoms with E-state index in [1.807, 2.05) is 31.2 Å². The number of rotatable bonds is 9. The van der Waals surface area contributed by atoms with Gasteiger partial charge in [-0.3, -0.25) is 9.59 Å². The van der Waals surface area contributed by atoms with E-state index in [4.69, 9.17) is 14.2 Å². The van der Waals surface area contributed by atoms with Crippen molar-refractivity contribution in [2.45, 2.75) is 13.0 Å². The van der Waals surface area contributed by atoms with Crippen molar-refractivity contribution < 1.29 is 28.7 Å². The van der Waals surface area contributed by atoms with Crippen molar-refractivity contribution in [3.05, 3.63) is 48.5 Å². The third-order valence-electron chi connectivity index (χ3n) is 4.79. The average Bonchev–Trinajstić information content (AvgIpc) is 2.77. The Hall–Kier alpha value is -3.26. The molecule has 1 heterocycles. The van der Waals surface area contributed by atoms with E-state index in [0.29, 0.717) is 36.9 Å². The molecule has 2 amide bonds. The van der Waals surface area contributed by atoms with Crippen molar-refractivity contribution in [2.24, 2.45) is 0 Å². The summed E-state index contributed by atoms with van der Waals surface area (Å²) in [4.78, 5) is 25.5. The van der Waals surface area contributed by atoms with Crippen LogP contribution in [0, 0.1) is 0 Å². The van der Waals surface area contributed by atoms with Crippen LogP contribution < -0.4 is 29.7 Å². The summed E-state index contributed by atoms with van der Waals surface area (Å²) in [6.45, 7) is 3.73. The van der Waals surface area contributed by atoms with E-state index >= 15 is 0 Å². The van der Waals surface area contributed by atoms with Crippen LogP contribution in [-0.2, 0) is 9.59 Å². The largest absolute Gasteiger partial charge is 0.497 e. The highest BCUT2D eigenvalue weighted by atomic mass is 16.6. The minimum atomic E-state index is -0.243. The average molecular weight is 414 g/mol. The van der Waals surface area contributed by atoms with Crippen molar-refractivity contribution in [3.63, 3.8) is 0 Å². The second-order valence-electron chi connectivity index (χ2n) is 7.04. The number of methoxy groups -OCH3 is 1. The highest BCUT2D eigenvalue weighted by molar-refractivity contribution is 5.91. The molecule has 3 rings (SSSR count). The number of carbonyl (C=O) groups is 2. The van der Waals surface area contributed by atoms with Gasteiger partial charge in [-0.1, -0.05) is 12.1 Å². The van der Waals surface area contributed by atoms with E-state index in [1.54, 1.807) is 31.4 Å². The zero-order chi connectivity index (χ0) is 21.3. The number of fused-ring (bicyclic) bond motifs is 1. The number of hydrogen-bond donors (Lipinski definition) is 3. The molecule has 0 saturated carbocycles. The topological polar surface area (TPSA) is 90.3 Å². The minimum Gasteiger partial charge on any atom is -0.497 e. The summed E-state index contributed by atoms with van der Waals surface area (Å²) in [6, 6.07) is 14.6. The molecule has 0 radical (unpaired) electrons. The maximum Gasteiger partial charge on any atom is 0.279 e. The standard InChI is InChI=1S/C22H27N3O5/c1-3-25(14-22(27)24-16-8-10-17(28-2)11-9-16)13-21(26)23-12-18-15-29-19-6-4-5-7-20(19)30-18/h4-11,18H,3,12-15H2,1-2H3,(H,23,26)(H,24,27)/p+1/t18-/m0/s1. The molecular formula is C22H28N3O5+. The molecule has 30 heavy (non-hydrogen) atoms. The molecule has 8 nitrogen and oxygen atoms in total. The number of quaternary nitrogens is 1. The third-order valence-corrected chi connectivity index (χ3v) is 4.79. The molecule has 0 fully saturated rings. The lowest BCUT2D eigenvalue weighted by Gasteiger charge is -2.26. The first-order chi connectivity index (χ1) is 14.6. The van der Waals surface area contributed by atoms with Crippen molar-refractivity contribution in [1.82, 2.24) is 5.32 Å². The predicted octanol–water partition coefficient (Wildman–Crippen LogP) is 0.495. The number of likely N-dealkylation sites (N-methyl/N-ethyl adjacent to an activating group) is 1. The summed E-state index contributed by atoms with van der Waals surface area (Å²) in [6.07, 6.45) is -0.243. The van der Waals surface area contributed by atoms with Crippen LogP contribution in [-0.4, -0.2) is 57.8 Å². The fourth-order valence-electron chi connectivity index (χ4n) is 3.10. The van der Waals surface area contributed by atoms with E-state index in [1.165, 1.54) is 0 Å². The summed E-state index contributed by atoms with van der Waals surface area (Å²) in [5.74, 6) is 1.84. The van der Waals surface area contributed by atoms with Crippen LogP contribution >= 0.6 is 0 Å². The molecule has 0 aromatic heterocycles. The maximum absolute atomic E-state index is 12.3. The smallest absolute Gasteiger partial charge is 0.279 e. The van der Waals surface area contributed by atoms with Gasteiger partial charge in [0, 0.05) is 5.69 Å². The first-order valence-electron chi connectivity index (χ1n) is 10.00. The fourth-order valence-corrected chi connectivity index (χ4v) is 3.10. The quantitative estimate of drug-likeness (QED) is 0.556. The van der Waals surface area contributed by atoms with E-state index in [-0.39, 0.29) is 31.0 Å². The number of nitrogens with one attached hydrogen (secondary N) is 3. The lowest BCUT2D eigenvalue weighted by atomic mass is 10.2. The van der Waals surface area contributed by atoms with Gasteiger partial charge in [-0.05, 0) is 43.3 Å². The van der Waals surface area contributed by atoms with E-state index in [9.17, 15) is 9.59 Å². The number of anilines is 1. The number of hydrogen-bond acceptors (Lipinski definition) is 5. The van der Waals surface area contributed by atoms with Gasteiger partial charge in [0.2, 0.25) is 0 Å². The zero-order valence-corrected chi connectivity index (χ0v) is 17.3. The van der Waals surface area contributed by atoms with Crippen LogP contribution in [0.25, 0.3) is 0 Å². The summed E-state index contributed by atoms with van der Waals surface area (Å²) >= 11 is 0. The Balaban J connectivity index is 1.41. The van der Waals surface area contributed by atoms with Gasteiger partial charge >= 0.3 is 0 Å². The second kappa shape index (κ2) is 10.5. The Morgan fingerprint density at radius 1 is 1.07 bits per heavy atom. The van der Waals surface area contributed by atoms with Crippen LogP contribution in [0.15, 0.2) is 48.5 Å². The highest BCUT2D eigenvalue weighted by Crippen LogP contribution is 2.30. The van der Waals surface area contributed by atoms with Gasteiger partial charge < -0.3 is 29.7 Å². The molecule has 0 saturated heterocycles. The first-order valence-corrected chi connectivity index (χ1v) is 10.00. The second-order valence-corrected chi connectivity index (χ2v) is 7.04. The molecule has 8 heteroatoms. The molecule has 0 bridgehead atoms. The van der Waals surface area contributed by atoms with Gasteiger partial charge in [-0.15, -0.1) is 0 Å². The van der Waals surface area contributed by atoms with Crippen LogP contribution in [0.4, 0.5) is 5.69 Å². The third kappa shape index (κ3) is 6.12. The molecule has 3 N–H and O–H groups in total. The van der Waals surface area contributed by atoms with Crippen molar-refractivity contribution >= 4 is 17.5 Å². The Morgan fingerprint density at radius 3 is 2.47 bits per heavy atom. The first kappa shape index (κ1) is 21.4. The fraction of sp³-hybridized carbons (Fsp3) is 0.364. The molecule has 1 aliphatic heterocycles. The SMILES string of the molecule is CC[NH+](CC(=O)NC[C@H]1COc2ccccc2O1)CC(=O)Nc1ccc(OC)cc1. The van der Waals surface area contributed by atoms with Crippen molar-refractivity contribution in [2.75, 3.05) is 45.2 Å². The van der Waals surface area contributed by atoms with Crippen LogP contribution in [0.1, 0.15) is 6.92 Å². The van der Waals surface area contributed by atoms with Gasteiger partial charge in [-0.25, -0.2) is 0 Å². The molecule has 160 valence electrons. The molecular weight excluding hydrogens is 386 g/mol. The van der Waals surface area contributed by atoms with Crippen LogP contribution in [0.3, 0.4) is 0 Å². The van der Waals surface area contributed by atoms with E-state index in [2.05, 4.69) is 10.6 Å². The number of carbonyl (C=O) groups excluding carboxylic acids is 2. The van der Waals surface area contributed by atoms with Crippen molar-refractivity contribution in [1.29, 1.82) is 0 Å². The van der Waals surface area contributed by atoms with Crippen LogP contribution in [0.2, 0.25) is 0 Å². The summed E-state index contributed by atoms with van der Waals surface area (Å²) in [7, 11) is 1.59. The summed E-state index contributed by atoms with van der Waals surface area (Å²) in [5.41, 5.74) is 0.690. The van der Waals surface area contributed by atoms with Gasteiger partial charge in [-0.2, -0.15) is 0 Å². The molecule has 2 atom stereocenters. The van der Waals surface area contributed by atoms with E-state index in [0.717, 1.165) is 10.6 Å². The Labute approximate surface area is 176 Å². The molecule has 2 aromatic rings. The maximum atomic E-state index is 12.3. The summed E-state index contributed by atoms with van der Waals surface area (Å²) < 4.78 is 16.6. The molecule has 0 aliphatic carbocycles. The lowest BCUT2D eigenvalue weighted by molar-refractivity contribution is -0.881. The van der Waals surface area contributed by atoms with Crippen LogP contribution in [0.5, 0.6) is 17.2 Å². The predicted molar refractivity (Wildman–Crippen MR) is 112 cm³/mol. The molecule has 2 aromatic carbocycles. The normalized spacial score (nSPS) is 15.7. The number of ether oxygens (including phenoxy) is 3. The molecule has 1 unspecified atom stereocenters.